The van der Waals surface area contributed by atoms with Crippen LogP contribution in [0.5, 0.6) is 0 Å². The van der Waals surface area contributed by atoms with Crippen molar-refractivity contribution in [3.8, 4) is 0 Å². The fourth-order valence-corrected chi connectivity index (χ4v) is 2.26. The van der Waals surface area contributed by atoms with Gasteiger partial charge in [0.1, 0.15) is 0 Å². The minimum absolute atomic E-state index is 0.125. The molecule has 16 heavy (non-hydrogen) atoms. The Bertz CT molecular complexity index is 228. The monoisotopic (exact) mass is 226 g/mol. The summed E-state index contributed by atoms with van der Waals surface area (Å²) in [5.74, 6) is 2.13. The largest absolute Gasteiger partial charge is 0.355 e. The summed E-state index contributed by atoms with van der Waals surface area (Å²) in [6.07, 6.45) is 2.49. The molecule has 3 heteroatoms. The first kappa shape index (κ1) is 13.5. The minimum Gasteiger partial charge on any atom is -0.355 e. The molecule has 94 valence electrons. The van der Waals surface area contributed by atoms with Crippen LogP contribution in [0.1, 0.15) is 40.5 Å². The molecule has 1 rings (SSSR count). The van der Waals surface area contributed by atoms with E-state index in [4.69, 9.17) is 0 Å². The maximum atomic E-state index is 11.5. The third kappa shape index (κ3) is 4.12. The summed E-state index contributed by atoms with van der Waals surface area (Å²) in [6, 6.07) is 0.528. The van der Waals surface area contributed by atoms with Crippen LogP contribution in [0.2, 0.25) is 0 Å². The predicted molar refractivity (Wildman–Crippen MR) is 67.2 cm³/mol. The molecule has 0 heterocycles. The van der Waals surface area contributed by atoms with E-state index < -0.39 is 0 Å². The molecule has 1 aliphatic carbocycles. The molecule has 1 aliphatic rings. The molecule has 3 nitrogen and oxygen atoms in total. The van der Waals surface area contributed by atoms with Crippen molar-refractivity contribution in [2.24, 2.45) is 17.8 Å². The Morgan fingerprint density at radius 3 is 2.50 bits per heavy atom. The third-order valence-electron chi connectivity index (χ3n) is 3.70. The standard InChI is InChI=1S/C13H26N2O/c1-9(2)7-15-13(16)8-14-12-6-5-10(3)11(12)4/h9-12,14H,5-8H2,1-4H3,(H,15,16). The highest BCUT2D eigenvalue weighted by Crippen LogP contribution is 2.30. The zero-order valence-corrected chi connectivity index (χ0v) is 11.0. The average Bonchev–Trinajstić information content (AvgIpc) is 2.54. The topological polar surface area (TPSA) is 41.1 Å². The number of carbonyl (C=O) groups excluding carboxylic acids is 1. The second-order valence-corrected chi connectivity index (χ2v) is 5.60. The quantitative estimate of drug-likeness (QED) is 0.750. The highest BCUT2D eigenvalue weighted by Gasteiger charge is 2.29. The molecule has 1 saturated carbocycles. The highest BCUT2D eigenvalue weighted by molar-refractivity contribution is 5.78. The Hall–Kier alpha value is -0.570. The van der Waals surface area contributed by atoms with Gasteiger partial charge in [-0.2, -0.15) is 0 Å². The summed E-state index contributed by atoms with van der Waals surface area (Å²) in [4.78, 5) is 11.5. The lowest BCUT2D eigenvalue weighted by molar-refractivity contribution is -0.120. The van der Waals surface area contributed by atoms with Crippen LogP contribution in [0.4, 0.5) is 0 Å². The Morgan fingerprint density at radius 2 is 2.00 bits per heavy atom. The predicted octanol–water partition coefficient (Wildman–Crippen LogP) is 1.78. The van der Waals surface area contributed by atoms with Gasteiger partial charge in [-0.1, -0.05) is 27.7 Å². The van der Waals surface area contributed by atoms with E-state index in [2.05, 4.69) is 38.3 Å². The number of nitrogens with one attached hydrogen (secondary N) is 2. The second-order valence-electron chi connectivity index (χ2n) is 5.60. The van der Waals surface area contributed by atoms with Gasteiger partial charge in [-0.15, -0.1) is 0 Å². The van der Waals surface area contributed by atoms with Crippen molar-refractivity contribution < 1.29 is 4.79 Å². The molecule has 0 radical (unpaired) electrons. The summed E-state index contributed by atoms with van der Waals surface area (Å²) in [6.45, 7) is 10.0. The normalized spacial score (nSPS) is 29.7. The number of carbonyl (C=O) groups is 1. The molecule has 0 aromatic heterocycles. The van der Waals surface area contributed by atoms with Crippen molar-refractivity contribution in [3.63, 3.8) is 0 Å². The lowest BCUT2D eigenvalue weighted by atomic mass is 9.98. The molecule has 1 amide bonds. The van der Waals surface area contributed by atoms with Crippen molar-refractivity contribution in [3.05, 3.63) is 0 Å². The molecule has 3 atom stereocenters. The maximum Gasteiger partial charge on any atom is 0.233 e. The maximum absolute atomic E-state index is 11.5. The molecule has 2 N–H and O–H groups in total. The van der Waals surface area contributed by atoms with Crippen LogP contribution in [-0.4, -0.2) is 25.0 Å². The Labute approximate surface area is 99.4 Å². The average molecular weight is 226 g/mol. The van der Waals surface area contributed by atoms with E-state index in [1.54, 1.807) is 0 Å². The van der Waals surface area contributed by atoms with Crippen LogP contribution >= 0.6 is 0 Å². The fraction of sp³-hybridized carbons (Fsp3) is 0.923. The number of hydrogen-bond donors (Lipinski definition) is 2. The highest BCUT2D eigenvalue weighted by atomic mass is 16.1. The van der Waals surface area contributed by atoms with E-state index in [1.165, 1.54) is 12.8 Å². The number of hydrogen-bond acceptors (Lipinski definition) is 2. The van der Waals surface area contributed by atoms with Gasteiger partial charge in [-0.25, -0.2) is 0 Å². The van der Waals surface area contributed by atoms with Crippen molar-refractivity contribution in [2.75, 3.05) is 13.1 Å². The molecule has 1 fully saturated rings. The first-order valence-electron chi connectivity index (χ1n) is 6.50. The molecule has 0 bridgehead atoms. The van der Waals surface area contributed by atoms with Gasteiger partial charge < -0.3 is 10.6 Å². The van der Waals surface area contributed by atoms with Gasteiger partial charge >= 0.3 is 0 Å². The Kier molecular flexibility index (Phi) is 5.26. The van der Waals surface area contributed by atoms with Crippen molar-refractivity contribution in [1.29, 1.82) is 0 Å². The van der Waals surface area contributed by atoms with Crippen LogP contribution in [0.25, 0.3) is 0 Å². The number of amides is 1. The van der Waals surface area contributed by atoms with E-state index in [-0.39, 0.29) is 5.91 Å². The Morgan fingerprint density at radius 1 is 1.31 bits per heavy atom. The zero-order valence-electron chi connectivity index (χ0n) is 11.0. The van der Waals surface area contributed by atoms with Crippen LogP contribution in [0, 0.1) is 17.8 Å². The molecule has 0 saturated heterocycles. The van der Waals surface area contributed by atoms with Gasteiger partial charge in [0.15, 0.2) is 0 Å². The van der Waals surface area contributed by atoms with Gasteiger partial charge in [-0.3, -0.25) is 4.79 Å². The van der Waals surface area contributed by atoms with Gasteiger partial charge in [0.2, 0.25) is 5.91 Å². The SMILES string of the molecule is CC(C)CNC(=O)CNC1CCC(C)C1C. The summed E-state index contributed by atoms with van der Waals surface area (Å²) >= 11 is 0. The van der Waals surface area contributed by atoms with E-state index in [1.807, 2.05) is 0 Å². The second kappa shape index (κ2) is 6.24. The van der Waals surface area contributed by atoms with E-state index >= 15 is 0 Å². The first-order chi connectivity index (χ1) is 7.50. The van der Waals surface area contributed by atoms with Crippen molar-refractivity contribution in [1.82, 2.24) is 10.6 Å². The summed E-state index contributed by atoms with van der Waals surface area (Å²) < 4.78 is 0. The third-order valence-corrected chi connectivity index (χ3v) is 3.70. The Balaban J connectivity index is 2.17. The fourth-order valence-electron chi connectivity index (χ4n) is 2.26. The molecule has 0 aromatic rings. The van der Waals surface area contributed by atoms with Gasteiger partial charge in [0.25, 0.3) is 0 Å². The van der Waals surface area contributed by atoms with E-state index in [0.717, 1.165) is 12.5 Å². The zero-order chi connectivity index (χ0) is 12.1. The smallest absolute Gasteiger partial charge is 0.233 e. The number of rotatable bonds is 5. The van der Waals surface area contributed by atoms with E-state index in [0.29, 0.717) is 24.4 Å². The van der Waals surface area contributed by atoms with Gasteiger partial charge in [0, 0.05) is 12.6 Å². The summed E-state index contributed by atoms with van der Waals surface area (Å²) in [7, 11) is 0. The van der Waals surface area contributed by atoms with Crippen molar-refractivity contribution >= 4 is 5.91 Å². The molecule has 0 spiro atoms. The minimum atomic E-state index is 0.125. The van der Waals surface area contributed by atoms with Gasteiger partial charge in [-0.05, 0) is 30.6 Å². The van der Waals surface area contributed by atoms with Crippen LogP contribution in [0.15, 0.2) is 0 Å². The molecule has 0 aliphatic heterocycles. The van der Waals surface area contributed by atoms with Gasteiger partial charge in [0.05, 0.1) is 6.54 Å². The first-order valence-corrected chi connectivity index (χ1v) is 6.50. The summed E-state index contributed by atoms with van der Waals surface area (Å²) in [5.41, 5.74) is 0. The molecule has 3 unspecified atom stereocenters. The van der Waals surface area contributed by atoms with Crippen LogP contribution in [-0.2, 0) is 4.79 Å². The van der Waals surface area contributed by atoms with E-state index in [9.17, 15) is 4.79 Å². The molecular formula is C13H26N2O. The molecule has 0 aromatic carbocycles. The lowest BCUT2D eigenvalue weighted by Gasteiger charge is -2.19. The van der Waals surface area contributed by atoms with Crippen molar-refractivity contribution in [2.45, 2.75) is 46.6 Å². The lowest BCUT2D eigenvalue weighted by Crippen LogP contribution is -2.41. The van der Waals surface area contributed by atoms with Crippen LogP contribution in [0.3, 0.4) is 0 Å². The van der Waals surface area contributed by atoms with Crippen LogP contribution < -0.4 is 10.6 Å². The molecular weight excluding hydrogens is 200 g/mol. The summed E-state index contributed by atoms with van der Waals surface area (Å²) in [5, 5.41) is 6.30.